The third-order valence-electron chi connectivity index (χ3n) is 3.20. The fourth-order valence-electron chi connectivity index (χ4n) is 2.04. The van der Waals surface area contributed by atoms with Crippen LogP contribution in [-0.4, -0.2) is 16.2 Å². The Morgan fingerprint density at radius 1 is 1.57 bits per heavy atom. The minimum Gasteiger partial charge on any atom is -0.392 e. The summed E-state index contributed by atoms with van der Waals surface area (Å²) in [5, 5.41) is 9.94. The van der Waals surface area contributed by atoms with Crippen LogP contribution in [0.1, 0.15) is 26.0 Å². The van der Waals surface area contributed by atoms with Gasteiger partial charge in [0.1, 0.15) is 0 Å². The molecule has 0 saturated heterocycles. The first kappa shape index (κ1) is 9.66. The van der Waals surface area contributed by atoms with Crippen molar-refractivity contribution in [1.29, 1.82) is 0 Å². The minimum absolute atomic E-state index is 0.222. The molecule has 1 aromatic heterocycles. The maximum Gasteiger partial charge on any atom is 0.0629 e. The number of aromatic nitrogens is 1. The van der Waals surface area contributed by atoms with Crippen molar-refractivity contribution in [1.82, 2.24) is 4.98 Å². The molecule has 2 nitrogen and oxygen atoms in total. The fourth-order valence-corrected chi connectivity index (χ4v) is 2.04. The molecule has 2 heteroatoms. The van der Waals surface area contributed by atoms with Gasteiger partial charge in [-0.05, 0) is 29.9 Å². The molecular weight excluding hydrogens is 174 g/mol. The van der Waals surface area contributed by atoms with Gasteiger partial charge >= 0.3 is 0 Å². The molecule has 1 aliphatic rings. The van der Waals surface area contributed by atoms with Crippen LogP contribution >= 0.6 is 0 Å². The highest BCUT2D eigenvalue weighted by Crippen LogP contribution is 2.53. The van der Waals surface area contributed by atoms with E-state index in [-0.39, 0.29) is 6.10 Å². The van der Waals surface area contributed by atoms with Gasteiger partial charge in [0.05, 0.1) is 6.10 Å². The first-order valence-corrected chi connectivity index (χ1v) is 5.17. The van der Waals surface area contributed by atoms with Gasteiger partial charge in [-0.1, -0.05) is 19.9 Å². The summed E-state index contributed by atoms with van der Waals surface area (Å²) in [7, 11) is 0. The number of pyridine rings is 1. The van der Waals surface area contributed by atoms with Gasteiger partial charge in [0, 0.05) is 18.3 Å². The van der Waals surface area contributed by atoms with Gasteiger partial charge in [0.2, 0.25) is 0 Å². The van der Waals surface area contributed by atoms with Gasteiger partial charge in [-0.15, -0.1) is 0 Å². The Morgan fingerprint density at radius 2 is 2.29 bits per heavy atom. The zero-order valence-electron chi connectivity index (χ0n) is 8.77. The van der Waals surface area contributed by atoms with Crippen molar-refractivity contribution < 1.29 is 5.11 Å². The quantitative estimate of drug-likeness (QED) is 0.793. The molecule has 1 fully saturated rings. The highest BCUT2D eigenvalue weighted by Gasteiger charge is 2.49. The average molecular weight is 191 g/mol. The molecular formula is C12H17NO. The van der Waals surface area contributed by atoms with E-state index >= 15 is 0 Å². The van der Waals surface area contributed by atoms with Gasteiger partial charge in [-0.25, -0.2) is 0 Å². The molecule has 14 heavy (non-hydrogen) atoms. The van der Waals surface area contributed by atoms with Crippen LogP contribution in [0.4, 0.5) is 0 Å². The van der Waals surface area contributed by atoms with E-state index < -0.39 is 0 Å². The lowest BCUT2D eigenvalue weighted by Gasteiger charge is -2.11. The smallest absolute Gasteiger partial charge is 0.0629 e. The molecule has 0 spiro atoms. The summed E-state index contributed by atoms with van der Waals surface area (Å²) < 4.78 is 0. The van der Waals surface area contributed by atoms with Crippen molar-refractivity contribution in [3.63, 3.8) is 0 Å². The van der Waals surface area contributed by atoms with E-state index in [1.807, 2.05) is 18.2 Å². The molecule has 2 atom stereocenters. The second-order valence-electron chi connectivity index (χ2n) is 4.89. The summed E-state index contributed by atoms with van der Waals surface area (Å²) in [6.07, 6.45) is 3.38. The van der Waals surface area contributed by atoms with Crippen LogP contribution in [0, 0.1) is 11.3 Å². The molecule has 1 N–H and O–H groups in total. The molecule has 1 aliphatic carbocycles. The zero-order chi connectivity index (χ0) is 10.2. The number of rotatable bonds is 3. The Balaban J connectivity index is 1.93. The lowest BCUT2D eigenvalue weighted by Crippen LogP contribution is -2.16. The number of hydrogen-bond acceptors (Lipinski definition) is 2. The number of aliphatic hydroxyl groups is 1. The molecule has 2 unspecified atom stereocenters. The third kappa shape index (κ3) is 1.95. The Morgan fingerprint density at radius 3 is 2.79 bits per heavy atom. The number of aliphatic hydroxyl groups excluding tert-OH is 1. The van der Waals surface area contributed by atoms with Crippen molar-refractivity contribution in [2.24, 2.45) is 11.3 Å². The van der Waals surface area contributed by atoms with Crippen molar-refractivity contribution >= 4 is 0 Å². The standard InChI is InChI=1S/C12H17NO/c1-12(2)8-10(12)11(14)7-9-5-3-4-6-13-9/h3-6,10-11,14H,7-8H2,1-2H3. The predicted octanol–water partition coefficient (Wildman–Crippen LogP) is 2.03. The lowest BCUT2D eigenvalue weighted by atomic mass is 10.0. The topological polar surface area (TPSA) is 33.1 Å². The van der Waals surface area contributed by atoms with Crippen LogP contribution < -0.4 is 0 Å². The van der Waals surface area contributed by atoms with E-state index in [9.17, 15) is 5.11 Å². The Kier molecular flexibility index (Phi) is 2.31. The molecule has 0 aromatic carbocycles. The van der Waals surface area contributed by atoms with Crippen LogP contribution in [0.25, 0.3) is 0 Å². The molecule has 1 heterocycles. The van der Waals surface area contributed by atoms with Gasteiger partial charge in [-0.3, -0.25) is 4.98 Å². The lowest BCUT2D eigenvalue weighted by molar-refractivity contribution is 0.136. The van der Waals surface area contributed by atoms with Gasteiger partial charge in [0.15, 0.2) is 0 Å². The van der Waals surface area contributed by atoms with Gasteiger partial charge < -0.3 is 5.11 Å². The molecule has 1 saturated carbocycles. The van der Waals surface area contributed by atoms with Crippen molar-refractivity contribution in [3.05, 3.63) is 30.1 Å². The SMILES string of the molecule is CC1(C)CC1C(O)Cc1ccccn1. The number of hydrogen-bond donors (Lipinski definition) is 1. The summed E-state index contributed by atoms with van der Waals surface area (Å²) in [6, 6.07) is 5.84. The molecule has 1 aromatic rings. The zero-order valence-corrected chi connectivity index (χ0v) is 8.77. The second kappa shape index (κ2) is 3.35. The minimum atomic E-state index is -0.222. The predicted molar refractivity (Wildman–Crippen MR) is 55.8 cm³/mol. The van der Waals surface area contributed by atoms with Crippen molar-refractivity contribution in [2.75, 3.05) is 0 Å². The van der Waals surface area contributed by atoms with Gasteiger partial charge in [-0.2, -0.15) is 0 Å². The fraction of sp³-hybridized carbons (Fsp3) is 0.583. The Hall–Kier alpha value is -0.890. The first-order chi connectivity index (χ1) is 6.59. The Bertz CT molecular complexity index is 307. The highest BCUT2D eigenvalue weighted by molar-refractivity contribution is 5.08. The second-order valence-corrected chi connectivity index (χ2v) is 4.89. The van der Waals surface area contributed by atoms with Crippen LogP contribution in [0.3, 0.4) is 0 Å². The molecule has 2 rings (SSSR count). The van der Waals surface area contributed by atoms with Crippen molar-refractivity contribution in [3.8, 4) is 0 Å². The number of nitrogens with zero attached hydrogens (tertiary/aromatic N) is 1. The maximum absolute atomic E-state index is 9.94. The molecule has 0 aliphatic heterocycles. The summed E-state index contributed by atoms with van der Waals surface area (Å²) >= 11 is 0. The van der Waals surface area contributed by atoms with E-state index in [0.29, 0.717) is 17.8 Å². The summed E-state index contributed by atoms with van der Waals surface area (Å²) in [6.45, 7) is 4.42. The van der Waals surface area contributed by atoms with Crippen LogP contribution in [0.2, 0.25) is 0 Å². The van der Waals surface area contributed by atoms with E-state index in [4.69, 9.17) is 0 Å². The summed E-state index contributed by atoms with van der Waals surface area (Å²) in [4.78, 5) is 4.22. The average Bonchev–Trinajstić information content (AvgIpc) is 2.77. The van der Waals surface area contributed by atoms with E-state index in [1.54, 1.807) is 6.20 Å². The van der Waals surface area contributed by atoms with Crippen LogP contribution in [-0.2, 0) is 6.42 Å². The van der Waals surface area contributed by atoms with E-state index in [2.05, 4.69) is 18.8 Å². The largest absolute Gasteiger partial charge is 0.392 e. The Labute approximate surface area is 85.0 Å². The molecule has 0 radical (unpaired) electrons. The van der Waals surface area contributed by atoms with E-state index in [0.717, 1.165) is 12.1 Å². The van der Waals surface area contributed by atoms with Crippen LogP contribution in [0.5, 0.6) is 0 Å². The maximum atomic E-state index is 9.94. The third-order valence-corrected chi connectivity index (χ3v) is 3.20. The summed E-state index contributed by atoms with van der Waals surface area (Å²) in [5.41, 5.74) is 1.33. The highest BCUT2D eigenvalue weighted by atomic mass is 16.3. The van der Waals surface area contributed by atoms with Crippen molar-refractivity contribution in [2.45, 2.75) is 32.8 Å². The summed E-state index contributed by atoms with van der Waals surface area (Å²) in [5.74, 6) is 0.463. The van der Waals surface area contributed by atoms with Crippen LogP contribution in [0.15, 0.2) is 24.4 Å². The molecule has 0 bridgehead atoms. The molecule has 76 valence electrons. The molecule has 0 amide bonds. The first-order valence-electron chi connectivity index (χ1n) is 5.17. The monoisotopic (exact) mass is 191 g/mol. The van der Waals surface area contributed by atoms with Gasteiger partial charge in [0.25, 0.3) is 0 Å². The normalized spacial score (nSPS) is 25.8. The van der Waals surface area contributed by atoms with E-state index in [1.165, 1.54) is 0 Å².